The van der Waals surface area contributed by atoms with Crippen LogP contribution in [0.25, 0.3) is 0 Å². The van der Waals surface area contributed by atoms with Crippen molar-refractivity contribution >= 4 is 25.8 Å². The Bertz CT molecular complexity index is 905. The van der Waals surface area contributed by atoms with E-state index < -0.39 is 48.3 Å². The van der Waals surface area contributed by atoms with Gasteiger partial charge in [-0.25, -0.2) is 25.9 Å². The number of hydrogen-bond donors (Lipinski definition) is 1. The van der Waals surface area contributed by atoms with Gasteiger partial charge in [0.2, 0.25) is 15.9 Å². The van der Waals surface area contributed by atoms with Crippen molar-refractivity contribution in [3.05, 3.63) is 30.1 Å². The van der Waals surface area contributed by atoms with Gasteiger partial charge >= 0.3 is 0 Å². The molecule has 1 N–H and O–H groups in total. The van der Waals surface area contributed by atoms with Gasteiger partial charge in [-0.1, -0.05) is 31.4 Å². The summed E-state index contributed by atoms with van der Waals surface area (Å²) in [7, 11) is -7.42. The van der Waals surface area contributed by atoms with Gasteiger partial charge in [0.25, 0.3) is 0 Å². The summed E-state index contributed by atoms with van der Waals surface area (Å²) in [5.74, 6) is -1.43. The Morgan fingerprint density at radius 2 is 1.67 bits per heavy atom. The number of sulfonamides is 1. The highest BCUT2D eigenvalue weighted by molar-refractivity contribution is 7.92. The first-order valence-corrected chi connectivity index (χ1v) is 12.1. The fraction of sp³-hybridized carbons (Fsp3) is 0.588. The number of amides is 1. The number of benzene rings is 1. The molecule has 0 unspecified atom stereocenters. The van der Waals surface area contributed by atoms with Gasteiger partial charge in [-0.15, -0.1) is 0 Å². The molecule has 1 heterocycles. The largest absolute Gasteiger partial charge is 0.339 e. The third kappa shape index (κ3) is 4.33. The monoisotopic (exact) mass is 418 g/mol. The average molecular weight is 419 g/mol. The van der Waals surface area contributed by atoms with Crippen molar-refractivity contribution in [2.75, 3.05) is 19.6 Å². The maximum Gasteiger partial charge on any atom is 0.243 e. The first-order valence-electron chi connectivity index (χ1n) is 8.96. The minimum Gasteiger partial charge on any atom is -0.339 e. The molecule has 0 aromatic heterocycles. The lowest BCUT2D eigenvalue weighted by molar-refractivity contribution is -0.133. The summed E-state index contributed by atoms with van der Waals surface area (Å²) in [5, 5.41) is -0.902. The maximum absolute atomic E-state index is 13.6. The number of hydrogen-bond acceptors (Lipinski definition) is 5. The van der Waals surface area contributed by atoms with Crippen molar-refractivity contribution in [1.29, 1.82) is 0 Å². The number of likely N-dealkylation sites (tertiary alicyclic amines) is 1. The van der Waals surface area contributed by atoms with Crippen molar-refractivity contribution in [1.82, 2.24) is 9.62 Å². The van der Waals surface area contributed by atoms with E-state index in [4.69, 9.17) is 0 Å². The highest BCUT2D eigenvalue weighted by atomic mass is 32.2. The average Bonchev–Trinajstić information content (AvgIpc) is 2.59. The van der Waals surface area contributed by atoms with Crippen LogP contribution in [0.2, 0.25) is 0 Å². The van der Waals surface area contributed by atoms with E-state index in [1.807, 2.05) is 0 Å². The molecule has 1 aromatic rings. The quantitative estimate of drug-likeness (QED) is 0.745. The van der Waals surface area contributed by atoms with Gasteiger partial charge in [0.05, 0.1) is 17.0 Å². The van der Waals surface area contributed by atoms with Crippen LogP contribution in [0.1, 0.15) is 32.1 Å². The van der Waals surface area contributed by atoms with Crippen LogP contribution < -0.4 is 4.72 Å². The first-order chi connectivity index (χ1) is 12.7. The fourth-order valence-corrected chi connectivity index (χ4v) is 6.89. The number of sulfone groups is 1. The number of nitrogens with zero attached hydrogens (tertiary/aromatic N) is 1. The van der Waals surface area contributed by atoms with Crippen LogP contribution in [0.15, 0.2) is 29.2 Å². The summed E-state index contributed by atoms with van der Waals surface area (Å²) in [6, 6.07) is 4.88. The molecule has 3 rings (SSSR count). The maximum atomic E-state index is 13.6. The van der Waals surface area contributed by atoms with Gasteiger partial charge in [0.1, 0.15) is 10.7 Å². The Labute approximate surface area is 158 Å². The molecule has 1 aromatic carbocycles. The molecule has 0 radical (unpaired) electrons. The molecule has 1 saturated carbocycles. The van der Waals surface area contributed by atoms with Gasteiger partial charge < -0.3 is 4.90 Å². The van der Waals surface area contributed by atoms with Gasteiger partial charge in [-0.3, -0.25) is 4.79 Å². The first kappa shape index (κ1) is 20.2. The number of halogens is 1. The SMILES string of the molecule is O=C(CNS(=O)(=O)c1ccccc1F)N1CC(S(=O)(=O)C2CCCCC2)C1. The second-order valence-corrected chi connectivity index (χ2v) is 11.3. The van der Waals surface area contributed by atoms with E-state index in [0.29, 0.717) is 12.8 Å². The second kappa shape index (κ2) is 7.84. The Morgan fingerprint density at radius 3 is 2.30 bits per heavy atom. The number of carbonyl (C=O) groups excluding carboxylic acids is 1. The minimum absolute atomic E-state index is 0.0824. The number of nitrogens with one attached hydrogen (secondary N) is 1. The molecular formula is C17H23FN2O5S2. The van der Waals surface area contributed by atoms with Gasteiger partial charge in [-0.2, -0.15) is 0 Å². The van der Waals surface area contributed by atoms with E-state index in [1.54, 1.807) is 0 Å². The highest BCUT2D eigenvalue weighted by Gasteiger charge is 2.43. The van der Waals surface area contributed by atoms with Crippen LogP contribution >= 0.6 is 0 Å². The predicted octanol–water partition coefficient (Wildman–Crippen LogP) is 1.06. The molecule has 0 bridgehead atoms. The van der Waals surface area contributed by atoms with Crippen molar-refractivity contribution in [3.8, 4) is 0 Å². The highest BCUT2D eigenvalue weighted by Crippen LogP contribution is 2.29. The zero-order valence-corrected chi connectivity index (χ0v) is 16.4. The summed E-state index contributed by atoms with van der Waals surface area (Å²) < 4.78 is 65.1. The Balaban J connectivity index is 1.53. The zero-order chi connectivity index (χ0) is 19.7. The van der Waals surface area contributed by atoms with Crippen LogP contribution in [0.5, 0.6) is 0 Å². The van der Waals surface area contributed by atoms with Crippen molar-refractivity contribution in [3.63, 3.8) is 0 Å². The molecule has 150 valence electrons. The fourth-order valence-electron chi connectivity index (χ4n) is 3.52. The molecule has 1 aliphatic carbocycles. The van der Waals surface area contributed by atoms with Crippen LogP contribution in [0, 0.1) is 5.82 Å². The molecule has 27 heavy (non-hydrogen) atoms. The van der Waals surface area contributed by atoms with Gasteiger partial charge in [-0.05, 0) is 25.0 Å². The Hall–Kier alpha value is -1.52. The van der Waals surface area contributed by atoms with E-state index in [2.05, 4.69) is 4.72 Å². The van der Waals surface area contributed by atoms with Crippen LogP contribution in [0.3, 0.4) is 0 Å². The van der Waals surface area contributed by atoms with E-state index in [0.717, 1.165) is 31.4 Å². The zero-order valence-electron chi connectivity index (χ0n) is 14.8. The molecule has 2 fully saturated rings. The molecule has 2 aliphatic rings. The van der Waals surface area contributed by atoms with Gasteiger partial charge in [0, 0.05) is 13.1 Å². The normalized spacial score (nSPS) is 19.7. The third-order valence-corrected chi connectivity index (χ3v) is 9.28. The lowest BCUT2D eigenvalue weighted by Crippen LogP contribution is -2.60. The lowest BCUT2D eigenvalue weighted by atomic mass is 10.0. The van der Waals surface area contributed by atoms with E-state index in [9.17, 15) is 26.0 Å². The van der Waals surface area contributed by atoms with Crippen molar-refractivity contribution < 1.29 is 26.0 Å². The summed E-state index contributed by atoms with van der Waals surface area (Å²) in [4.78, 5) is 12.9. The van der Waals surface area contributed by atoms with E-state index in [1.165, 1.54) is 17.0 Å². The van der Waals surface area contributed by atoms with Crippen molar-refractivity contribution in [2.24, 2.45) is 0 Å². The van der Waals surface area contributed by atoms with Gasteiger partial charge in [0.15, 0.2) is 9.84 Å². The molecule has 1 saturated heterocycles. The molecule has 0 atom stereocenters. The van der Waals surface area contributed by atoms with Crippen LogP contribution in [-0.2, 0) is 24.7 Å². The number of carbonyl (C=O) groups is 1. The molecular weight excluding hydrogens is 395 g/mol. The van der Waals surface area contributed by atoms with E-state index in [-0.39, 0.29) is 18.3 Å². The minimum atomic E-state index is -4.15. The summed E-state index contributed by atoms with van der Waals surface area (Å²) in [6.45, 7) is -0.370. The molecule has 10 heteroatoms. The van der Waals surface area contributed by atoms with Crippen LogP contribution in [-0.4, -0.2) is 57.8 Å². The summed E-state index contributed by atoms with van der Waals surface area (Å²) in [5.41, 5.74) is 0. The summed E-state index contributed by atoms with van der Waals surface area (Å²) in [6.07, 6.45) is 4.24. The molecule has 7 nitrogen and oxygen atoms in total. The summed E-state index contributed by atoms with van der Waals surface area (Å²) >= 11 is 0. The lowest BCUT2D eigenvalue weighted by Gasteiger charge is -2.40. The molecule has 0 spiro atoms. The number of rotatable bonds is 6. The van der Waals surface area contributed by atoms with Crippen molar-refractivity contribution in [2.45, 2.75) is 47.5 Å². The predicted molar refractivity (Wildman–Crippen MR) is 97.7 cm³/mol. The standard InChI is InChI=1S/C17H23FN2O5S2/c18-15-8-4-5-9-16(15)27(24,25)19-10-17(21)20-11-14(12-20)26(22,23)13-6-2-1-3-7-13/h4-5,8-9,13-14,19H,1-3,6-7,10-12H2. The smallest absolute Gasteiger partial charge is 0.243 e. The third-order valence-electron chi connectivity index (χ3n) is 5.22. The van der Waals surface area contributed by atoms with E-state index >= 15 is 0 Å². The molecule has 1 aliphatic heterocycles. The topological polar surface area (TPSA) is 101 Å². The Morgan fingerprint density at radius 1 is 1.04 bits per heavy atom. The Kier molecular flexibility index (Phi) is 5.87. The van der Waals surface area contributed by atoms with Crippen LogP contribution in [0.4, 0.5) is 4.39 Å². The second-order valence-electron chi connectivity index (χ2n) is 7.02. The molecule has 1 amide bonds.